The predicted molar refractivity (Wildman–Crippen MR) is 79.4 cm³/mol. The molecule has 0 amide bonds. The fraction of sp³-hybridized carbons (Fsp3) is 1.00. The third kappa shape index (κ3) is 4.71. The molecule has 0 radical (unpaired) electrons. The van der Waals surface area contributed by atoms with Crippen LogP contribution in [0.2, 0.25) is 0 Å². The van der Waals surface area contributed by atoms with E-state index < -0.39 is 0 Å². The van der Waals surface area contributed by atoms with Crippen molar-refractivity contribution in [2.24, 2.45) is 5.92 Å². The summed E-state index contributed by atoms with van der Waals surface area (Å²) in [5.41, 5.74) is -0.147. The van der Waals surface area contributed by atoms with Crippen molar-refractivity contribution in [3.63, 3.8) is 0 Å². The molecule has 0 aromatic heterocycles. The quantitative estimate of drug-likeness (QED) is 0.632. The number of aliphatic hydroxyl groups excluding tert-OH is 1. The summed E-state index contributed by atoms with van der Waals surface area (Å²) in [4.78, 5) is 2.41. The van der Waals surface area contributed by atoms with Gasteiger partial charge >= 0.3 is 0 Å². The Morgan fingerprint density at radius 3 is 2.37 bits per heavy atom. The molecule has 0 heterocycles. The molecule has 4 heteroatoms. The zero-order chi connectivity index (χ0) is 14.5. The fourth-order valence-electron chi connectivity index (χ4n) is 3.02. The Morgan fingerprint density at radius 2 is 2.00 bits per heavy atom. The number of rotatable bonds is 10. The molecule has 0 aromatic rings. The summed E-state index contributed by atoms with van der Waals surface area (Å²) >= 11 is 0. The Labute approximate surface area is 118 Å². The van der Waals surface area contributed by atoms with Crippen LogP contribution < -0.4 is 5.32 Å². The predicted octanol–water partition coefficient (Wildman–Crippen LogP) is 1.48. The molecule has 114 valence electrons. The van der Waals surface area contributed by atoms with Crippen molar-refractivity contribution in [3.8, 4) is 0 Å². The molecular weight excluding hydrogens is 240 g/mol. The maximum atomic E-state index is 9.97. The third-order valence-electron chi connectivity index (χ3n) is 4.14. The van der Waals surface area contributed by atoms with E-state index in [-0.39, 0.29) is 12.1 Å². The molecule has 2 unspecified atom stereocenters. The second-order valence-corrected chi connectivity index (χ2v) is 6.26. The van der Waals surface area contributed by atoms with Gasteiger partial charge in [-0.3, -0.25) is 4.90 Å². The summed E-state index contributed by atoms with van der Waals surface area (Å²) in [6.07, 6.45) is 2.47. The maximum Gasteiger partial charge on any atom is 0.0628 e. The maximum absolute atomic E-state index is 9.97. The summed E-state index contributed by atoms with van der Waals surface area (Å²) < 4.78 is 5.27. The third-order valence-corrected chi connectivity index (χ3v) is 4.14. The van der Waals surface area contributed by atoms with Crippen molar-refractivity contribution in [3.05, 3.63) is 0 Å². The minimum atomic E-state index is -0.147. The topological polar surface area (TPSA) is 44.7 Å². The zero-order valence-electron chi connectivity index (χ0n) is 13.3. The molecular formula is C15H32N2O2. The van der Waals surface area contributed by atoms with Crippen LogP contribution in [0.1, 0.15) is 40.5 Å². The highest BCUT2D eigenvalue weighted by atomic mass is 16.5. The van der Waals surface area contributed by atoms with Gasteiger partial charge in [-0.05, 0) is 32.2 Å². The summed E-state index contributed by atoms with van der Waals surface area (Å²) in [6, 6.07) is 0.776. The van der Waals surface area contributed by atoms with Crippen LogP contribution in [-0.4, -0.2) is 61.0 Å². The normalized spacial score (nSPS) is 20.8. The number of nitrogens with one attached hydrogen (secondary N) is 1. The van der Waals surface area contributed by atoms with Crippen molar-refractivity contribution in [1.82, 2.24) is 10.2 Å². The molecule has 2 atom stereocenters. The average Bonchev–Trinajstić information content (AvgIpc) is 3.18. The standard InChI is InChI=1S/C15H32N2O2/c1-6-17(13(4)9-19-5)10-15(11-18,14-7-8-14)16-12(2)3/h12-14,16,18H,6-11H2,1-5H3. The van der Waals surface area contributed by atoms with Crippen LogP contribution in [0.3, 0.4) is 0 Å². The molecule has 1 fully saturated rings. The molecule has 2 N–H and O–H groups in total. The first-order valence-electron chi connectivity index (χ1n) is 7.60. The second kappa shape index (κ2) is 7.58. The molecule has 1 aliphatic rings. The molecule has 0 aromatic carbocycles. The zero-order valence-corrected chi connectivity index (χ0v) is 13.3. The van der Waals surface area contributed by atoms with E-state index in [0.29, 0.717) is 18.0 Å². The average molecular weight is 272 g/mol. The number of hydrogen-bond donors (Lipinski definition) is 2. The number of methoxy groups -OCH3 is 1. The highest BCUT2D eigenvalue weighted by Gasteiger charge is 2.46. The Hall–Kier alpha value is -0.160. The van der Waals surface area contributed by atoms with Crippen LogP contribution in [0, 0.1) is 5.92 Å². The number of ether oxygens (including phenoxy) is 1. The van der Waals surface area contributed by atoms with Crippen molar-refractivity contribution >= 4 is 0 Å². The Balaban J connectivity index is 2.74. The van der Waals surface area contributed by atoms with Crippen LogP contribution in [0.15, 0.2) is 0 Å². The minimum Gasteiger partial charge on any atom is -0.394 e. The van der Waals surface area contributed by atoms with E-state index in [2.05, 4.69) is 37.9 Å². The van der Waals surface area contributed by atoms with Crippen molar-refractivity contribution in [1.29, 1.82) is 0 Å². The van der Waals surface area contributed by atoms with Crippen LogP contribution in [0.25, 0.3) is 0 Å². The minimum absolute atomic E-state index is 0.147. The summed E-state index contributed by atoms with van der Waals surface area (Å²) in [7, 11) is 1.75. The smallest absolute Gasteiger partial charge is 0.0628 e. The van der Waals surface area contributed by atoms with E-state index >= 15 is 0 Å². The first-order valence-corrected chi connectivity index (χ1v) is 7.60. The largest absolute Gasteiger partial charge is 0.394 e. The molecule has 1 saturated carbocycles. The van der Waals surface area contributed by atoms with Crippen LogP contribution in [0.4, 0.5) is 0 Å². The first-order chi connectivity index (χ1) is 8.99. The van der Waals surface area contributed by atoms with Gasteiger partial charge in [0.05, 0.1) is 18.8 Å². The van der Waals surface area contributed by atoms with E-state index in [4.69, 9.17) is 4.74 Å². The summed E-state index contributed by atoms with van der Waals surface area (Å²) in [6.45, 7) is 11.5. The van der Waals surface area contributed by atoms with Gasteiger partial charge in [-0.25, -0.2) is 0 Å². The molecule has 0 bridgehead atoms. The van der Waals surface area contributed by atoms with E-state index in [1.807, 2.05) is 0 Å². The molecule has 0 spiro atoms. The van der Waals surface area contributed by atoms with Crippen molar-refractivity contribution in [2.45, 2.75) is 58.2 Å². The number of aliphatic hydroxyl groups is 1. The lowest BCUT2D eigenvalue weighted by Gasteiger charge is -2.41. The molecule has 19 heavy (non-hydrogen) atoms. The van der Waals surface area contributed by atoms with Gasteiger partial charge in [0.1, 0.15) is 0 Å². The molecule has 1 rings (SSSR count). The van der Waals surface area contributed by atoms with Gasteiger partial charge in [-0.1, -0.05) is 20.8 Å². The number of likely N-dealkylation sites (N-methyl/N-ethyl adjacent to an activating group) is 1. The lowest BCUT2D eigenvalue weighted by atomic mass is 9.91. The Bertz CT molecular complexity index is 257. The summed E-state index contributed by atoms with van der Waals surface area (Å²) in [5, 5.41) is 13.6. The van der Waals surface area contributed by atoms with Crippen LogP contribution in [-0.2, 0) is 4.74 Å². The first kappa shape index (κ1) is 16.9. The van der Waals surface area contributed by atoms with Crippen molar-refractivity contribution in [2.75, 3.05) is 33.4 Å². The van der Waals surface area contributed by atoms with Gasteiger partial charge in [0, 0.05) is 25.7 Å². The van der Waals surface area contributed by atoms with E-state index in [0.717, 1.165) is 19.7 Å². The number of nitrogens with zero attached hydrogens (tertiary/aromatic N) is 1. The number of hydrogen-bond acceptors (Lipinski definition) is 4. The second-order valence-electron chi connectivity index (χ2n) is 6.26. The van der Waals surface area contributed by atoms with E-state index in [1.54, 1.807) is 7.11 Å². The lowest BCUT2D eigenvalue weighted by molar-refractivity contribution is 0.0443. The molecule has 4 nitrogen and oxygen atoms in total. The van der Waals surface area contributed by atoms with Gasteiger partial charge in [0.15, 0.2) is 0 Å². The van der Waals surface area contributed by atoms with E-state index in [9.17, 15) is 5.11 Å². The summed E-state index contributed by atoms with van der Waals surface area (Å²) in [5.74, 6) is 0.615. The SMILES string of the molecule is CCN(CC(CO)(NC(C)C)C1CC1)C(C)COC. The van der Waals surface area contributed by atoms with Crippen molar-refractivity contribution < 1.29 is 9.84 Å². The van der Waals surface area contributed by atoms with E-state index in [1.165, 1.54) is 12.8 Å². The van der Waals surface area contributed by atoms with Gasteiger partial charge in [-0.2, -0.15) is 0 Å². The molecule has 0 saturated heterocycles. The van der Waals surface area contributed by atoms with Gasteiger partial charge in [0.25, 0.3) is 0 Å². The Kier molecular flexibility index (Phi) is 6.74. The highest BCUT2D eigenvalue weighted by Crippen LogP contribution is 2.40. The highest BCUT2D eigenvalue weighted by molar-refractivity contribution is 5.03. The Morgan fingerprint density at radius 1 is 1.37 bits per heavy atom. The van der Waals surface area contributed by atoms with Gasteiger partial charge in [-0.15, -0.1) is 0 Å². The molecule has 0 aliphatic heterocycles. The monoisotopic (exact) mass is 272 g/mol. The fourth-order valence-corrected chi connectivity index (χ4v) is 3.02. The van der Waals surface area contributed by atoms with Crippen LogP contribution in [0.5, 0.6) is 0 Å². The lowest BCUT2D eigenvalue weighted by Crippen LogP contribution is -2.61. The van der Waals surface area contributed by atoms with Gasteiger partial charge in [0.2, 0.25) is 0 Å². The van der Waals surface area contributed by atoms with Gasteiger partial charge < -0.3 is 15.2 Å². The van der Waals surface area contributed by atoms with Crippen LogP contribution >= 0.6 is 0 Å². The molecule has 1 aliphatic carbocycles.